The Morgan fingerprint density at radius 1 is 1.25 bits per heavy atom. The summed E-state index contributed by atoms with van der Waals surface area (Å²) in [6, 6.07) is 8.27. The van der Waals surface area contributed by atoms with Gasteiger partial charge in [-0.2, -0.15) is 0 Å². The molecule has 0 bridgehead atoms. The highest BCUT2D eigenvalue weighted by molar-refractivity contribution is 7.71. The lowest BCUT2D eigenvalue weighted by molar-refractivity contribution is 0.927. The first-order valence-corrected chi connectivity index (χ1v) is 5.53. The van der Waals surface area contributed by atoms with Crippen molar-refractivity contribution in [3.63, 3.8) is 0 Å². The first kappa shape index (κ1) is 9.54. The Morgan fingerprint density at radius 2 is 2.06 bits per heavy atom. The number of imidazole rings is 1. The maximum Gasteiger partial charge on any atom is 0.200 e. The molecule has 3 nitrogen and oxygen atoms in total. The van der Waals surface area contributed by atoms with Crippen LogP contribution in [0.3, 0.4) is 0 Å². The largest absolute Gasteiger partial charge is 0.359 e. The molecule has 0 amide bonds. The number of hydrogen-bond acceptors (Lipinski definition) is 2. The highest BCUT2D eigenvalue weighted by Crippen LogP contribution is 2.23. The van der Waals surface area contributed by atoms with Gasteiger partial charge in [0, 0.05) is 23.6 Å². The number of aromatic amines is 1. The van der Waals surface area contributed by atoms with E-state index in [1.165, 1.54) is 0 Å². The van der Waals surface area contributed by atoms with Gasteiger partial charge >= 0.3 is 0 Å². The van der Waals surface area contributed by atoms with E-state index in [2.05, 4.69) is 34.2 Å². The van der Waals surface area contributed by atoms with Crippen molar-refractivity contribution in [1.82, 2.24) is 14.5 Å². The molecule has 0 saturated carbocycles. The van der Waals surface area contributed by atoms with E-state index in [0.29, 0.717) is 4.77 Å². The van der Waals surface area contributed by atoms with E-state index in [-0.39, 0.29) is 0 Å². The predicted octanol–water partition coefficient (Wildman–Crippen LogP) is 3.09. The highest BCUT2D eigenvalue weighted by Gasteiger charge is 2.06. The van der Waals surface area contributed by atoms with Crippen LogP contribution in [0.1, 0.15) is 5.69 Å². The van der Waals surface area contributed by atoms with Gasteiger partial charge in [-0.1, -0.05) is 0 Å². The third-order valence-electron chi connectivity index (χ3n) is 2.88. The van der Waals surface area contributed by atoms with Gasteiger partial charge in [0.25, 0.3) is 0 Å². The Morgan fingerprint density at radius 3 is 2.88 bits per heavy atom. The van der Waals surface area contributed by atoms with Crippen LogP contribution >= 0.6 is 12.2 Å². The van der Waals surface area contributed by atoms with Gasteiger partial charge in [0.2, 0.25) is 0 Å². The Kier molecular flexibility index (Phi) is 1.88. The number of nitrogens with zero attached hydrogens (tertiary/aromatic N) is 2. The van der Waals surface area contributed by atoms with Gasteiger partial charge in [-0.05, 0) is 43.4 Å². The minimum atomic E-state index is 0.628. The lowest BCUT2D eigenvalue weighted by Gasteiger charge is -2.01. The Bertz CT molecular complexity index is 752. The molecule has 0 fully saturated rings. The van der Waals surface area contributed by atoms with Gasteiger partial charge in [-0.3, -0.25) is 0 Å². The summed E-state index contributed by atoms with van der Waals surface area (Å²) in [5, 5.41) is 1.12. The van der Waals surface area contributed by atoms with Crippen LogP contribution in [-0.2, 0) is 7.05 Å². The summed E-state index contributed by atoms with van der Waals surface area (Å²) < 4.78 is 2.56. The van der Waals surface area contributed by atoms with Crippen LogP contribution in [0.2, 0.25) is 0 Å². The second-order valence-corrected chi connectivity index (χ2v) is 4.35. The SMILES string of the molecule is Cc1ccc2c(ccc3c2nc(=S)n3C)[nH]1. The fourth-order valence-corrected chi connectivity index (χ4v) is 2.19. The number of aryl methyl sites for hydroxylation is 2. The van der Waals surface area contributed by atoms with E-state index in [1.54, 1.807) is 0 Å². The van der Waals surface area contributed by atoms with Crippen LogP contribution in [0.25, 0.3) is 21.9 Å². The molecule has 3 rings (SSSR count). The lowest BCUT2D eigenvalue weighted by Crippen LogP contribution is -1.87. The summed E-state index contributed by atoms with van der Waals surface area (Å²) in [6.45, 7) is 2.04. The summed E-state index contributed by atoms with van der Waals surface area (Å²) in [5.41, 5.74) is 4.29. The molecule has 0 radical (unpaired) electrons. The molecule has 0 saturated heterocycles. The zero-order valence-electron chi connectivity index (χ0n) is 9.11. The Hall–Kier alpha value is -1.68. The molecule has 3 aromatic rings. The number of fused-ring (bicyclic) bond motifs is 3. The molecular weight excluding hydrogens is 218 g/mol. The van der Waals surface area contributed by atoms with Gasteiger partial charge < -0.3 is 9.55 Å². The van der Waals surface area contributed by atoms with E-state index >= 15 is 0 Å². The molecule has 1 N–H and O–H groups in total. The number of hydrogen-bond donors (Lipinski definition) is 1. The molecule has 0 aliphatic heterocycles. The zero-order valence-corrected chi connectivity index (χ0v) is 9.93. The number of aromatic nitrogens is 3. The van der Waals surface area contributed by atoms with Gasteiger partial charge in [-0.25, -0.2) is 4.98 Å². The molecule has 0 unspecified atom stereocenters. The zero-order chi connectivity index (χ0) is 11.3. The summed E-state index contributed by atoms with van der Waals surface area (Å²) in [5.74, 6) is 0. The summed E-state index contributed by atoms with van der Waals surface area (Å²) in [6.07, 6.45) is 0. The lowest BCUT2D eigenvalue weighted by atomic mass is 10.1. The maximum absolute atomic E-state index is 5.18. The van der Waals surface area contributed by atoms with Crippen LogP contribution in [0, 0.1) is 11.7 Å². The molecule has 4 heteroatoms. The van der Waals surface area contributed by atoms with Crippen LogP contribution in [0.15, 0.2) is 24.3 Å². The molecule has 80 valence electrons. The molecule has 1 aromatic carbocycles. The van der Waals surface area contributed by atoms with Crippen LogP contribution < -0.4 is 0 Å². The Balaban J connectivity index is 2.59. The van der Waals surface area contributed by atoms with Crippen molar-refractivity contribution in [2.24, 2.45) is 7.05 Å². The Labute approximate surface area is 97.7 Å². The van der Waals surface area contributed by atoms with Crippen LogP contribution in [-0.4, -0.2) is 14.5 Å². The van der Waals surface area contributed by atoms with E-state index in [1.807, 2.05) is 18.5 Å². The number of nitrogens with one attached hydrogen (secondary N) is 1. The van der Waals surface area contributed by atoms with E-state index in [0.717, 1.165) is 27.6 Å². The van der Waals surface area contributed by atoms with Gasteiger partial charge in [-0.15, -0.1) is 0 Å². The minimum absolute atomic E-state index is 0.628. The molecule has 0 atom stereocenters. The molecule has 0 aliphatic rings. The van der Waals surface area contributed by atoms with Crippen molar-refractivity contribution < 1.29 is 0 Å². The van der Waals surface area contributed by atoms with Crippen molar-refractivity contribution in [2.75, 3.05) is 0 Å². The molecule has 2 heterocycles. The predicted molar refractivity (Wildman–Crippen MR) is 68.1 cm³/mol. The number of benzene rings is 1. The fourth-order valence-electron chi connectivity index (χ4n) is 2.00. The second-order valence-electron chi connectivity index (χ2n) is 3.99. The normalized spacial score (nSPS) is 11.4. The fraction of sp³-hybridized carbons (Fsp3) is 0.167. The number of pyridine rings is 1. The van der Waals surface area contributed by atoms with Crippen molar-refractivity contribution in [3.8, 4) is 0 Å². The van der Waals surface area contributed by atoms with E-state index < -0.39 is 0 Å². The summed E-state index contributed by atoms with van der Waals surface area (Å²) in [4.78, 5) is 7.76. The standard InChI is InChI=1S/C12H11N3S/c1-7-3-4-8-9(13-7)5-6-10-11(8)14-12(16)15(10)2/h3-6,13H,1-2H3. The van der Waals surface area contributed by atoms with Crippen molar-refractivity contribution in [2.45, 2.75) is 6.92 Å². The summed E-state index contributed by atoms with van der Waals surface area (Å²) >= 11 is 5.18. The quantitative estimate of drug-likeness (QED) is 0.601. The van der Waals surface area contributed by atoms with Crippen molar-refractivity contribution in [1.29, 1.82) is 0 Å². The van der Waals surface area contributed by atoms with E-state index in [4.69, 9.17) is 12.2 Å². The van der Waals surface area contributed by atoms with Crippen LogP contribution in [0.5, 0.6) is 0 Å². The summed E-state index contributed by atoms with van der Waals surface area (Å²) in [7, 11) is 1.95. The number of rotatable bonds is 0. The van der Waals surface area contributed by atoms with Crippen molar-refractivity contribution >= 4 is 34.2 Å². The van der Waals surface area contributed by atoms with Gasteiger partial charge in [0.1, 0.15) is 0 Å². The molecule has 0 spiro atoms. The minimum Gasteiger partial charge on any atom is -0.359 e. The highest BCUT2D eigenvalue weighted by atomic mass is 32.1. The first-order chi connectivity index (χ1) is 7.66. The molecule has 16 heavy (non-hydrogen) atoms. The first-order valence-electron chi connectivity index (χ1n) is 5.12. The third kappa shape index (κ3) is 1.20. The monoisotopic (exact) mass is 229 g/mol. The smallest absolute Gasteiger partial charge is 0.200 e. The second kappa shape index (κ2) is 3.15. The topological polar surface area (TPSA) is 33.6 Å². The molecular formula is C12H11N3S. The molecule has 0 aliphatic carbocycles. The van der Waals surface area contributed by atoms with Gasteiger partial charge in [0.05, 0.1) is 11.0 Å². The average Bonchev–Trinajstić information content (AvgIpc) is 2.55. The number of H-pyrrole nitrogens is 1. The molecule has 2 aromatic heterocycles. The third-order valence-corrected chi connectivity index (χ3v) is 3.25. The average molecular weight is 229 g/mol. The maximum atomic E-state index is 5.18. The van der Waals surface area contributed by atoms with Gasteiger partial charge in [0.15, 0.2) is 4.77 Å². The van der Waals surface area contributed by atoms with Crippen LogP contribution in [0.4, 0.5) is 0 Å². The van der Waals surface area contributed by atoms with E-state index in [9.17, 15) is 0 Å². The van der Waals surface area contributed by atoms with Crippen molar-refractivity contribution in [3.05, 3.63) is 34.7 Å².